The summed E-state index contributed by atoms with van der Waals surface area (Å²) in [6.07, 6.45) is 5.61. The Morgan fingerprint density at radius 2 is 1.93 bits per heavy atom. The van der Waals surface area contributed by atoms with Crippen molar-refractivity contribution in [2.24, 2.45) is 0 Å². The molecule has 1 aromatic heterocycles. The number of nitriles is 1. The third-order valence-electron chi connectivity index (χ3n) is 4.85. The van der Waals surface area contributed by atoms with Gasteiger partial charge in [0, 0.05) is 28.5 Å². The standard InChI is InChI=1S/C23H27N3O2S/c1-16(2)29-21-10-3-17(4-11-21)13-22(27)26-19-6-8-20(9-7-19)28-23-12-5-18(14-24)15-25-23/h3-5,10-12,15-16,19-20H,6-9,13H2,1-2H3,(H,26,27). The van der Waals surface area contributed by atoms with Crippen molar-refractivity contribution in [3.05, 3.63) is 53.7 Å². The van der Waals surface area contributed by atoms with Crippen LogP contribution in [0.5, 0.6) is 5.88 Å². The molecule has 0 aliphatic heterocycles. The Morgan fingerprint density at radius 1 is 1.21 bits per heavy atom. The van der Waals surface area contributed by atoms with E-state index in [-0.39, 0.29) is 18.1 Å². The van der Waals surface area contributed by atoms with E-state index >= 15 is 0 Å². The van der Waals surface area contributed by atoms with Gasteiger partial charge in [0.25, 0.3) is 0 Å². The molecule has 1 aliphatic carbocycles. The summed E-state index contributed by atoms with van der Waals surface area (Å²) in [5, 5.41) is 12.5. The van der Waals surface area contributed by atoms with E-state index in [4.69, 9.17) is 10.00 Å². The number of nitrogens with one attached hydrogen (secondary N) is 1. The van der Waals surface area contributed by atoms with Crippen molar-refractivity contribution in [3.63, 3.8) is 0 Å². The van der Waals surface area contributed by atoms with Crippen LogP contribution in [-0.4, -0.2) is 28.3 Å². The Bertz CT molecular complexity index is 836. The number of benzene rings is 1. The summed E-state index contributed by atoms with van der Waals surface area (Å²) in [7, 11) is 0. The minimum absolute atomic E-state index is 0.0763. The van der Waals surface area contributed by atoms with Crippen LogP contribution in [0.3, 0.4) is 0 Å². The maximum absolute atomic E-state index is 12.4. The minimum Gasteiger partial charge on any atom is -0.474 e. The number of carbonyl (C=O) groups excluding carboxylic acids is 1. The SMILES string of the molecule is CC(C)Sc1ccc(CC(=O)NC2CCC(Oc3ccc(C#N)cn3)CC2)cc1. The second kappa shape index (κ2) is 10.3. The van der Waals surface area contributed by atoms with E-state index in [1.54, 1.807) is 12.1 Å². The average Bonchev–Trinajstić information content (AvgIpc) is 2.71. The van der Waals surface area contributed by atoms with Crippen molar-refractivity contribution in [3.8, 4) is 11.9 Å². The first kappa shape index (κ1) is 21.2. The van der Waals surface area contributed by atoms with Crippen molar-refractivity contribution in [1.29, 1.82) is 5.26 Å². The molecule has 1 aromatic carbocycles. The monoisotopic (exact) mass is 409 g/mol. The summed E-state index contributed by atoms with van der Waals surface area (Å²) in [4.78, 5) is 17.8. The lowest BCUT2D eigenvalue weighted by atomic mass is 9.92. The molecular weight excluding hydrogens is 382 g/mol. The summed E-state index contributed by atoms with van der Waals surface area (Å²) >= 11 is 1.83. The summed E-state index contributed by atoms with van der Waals surface area (Å²) in [6.45, 7) is 4.35. The molecule has 5 nitrogen and oxygen atoms in total. The number of ether oxygens (including phenoxy) is 1. The van der Waals surface area contributed by atoms with Gasteiger partial charge in [0.05, 0.1) is 12.0 Å². The number of rotatable bonds is 7. The fourth-order valence-electron chi connectivity index (χ4n) is 3.43. The van der Waals surface area contributed by atoms with E-state index in [0.29, 0.717) is 23.1 Å². The number of thioether (sulfide) groups is 1. The molecule has 0 bridgehead atoms. The third kappa shape index (κ3) is 6.79. The molecule has 29 heavy (non-hydrogen) atoms. The third-order valence-corrected chi connectivity index (χ3v) is 5.87. The normalized spacial score (nSPS) is 18.8. The van der Waals surface area contributed by atoms with E-state index < -0.39 is 0 Å². The summed E-state index contributed by atoms with van der Waals surface area (Å²) in [5.74, 6) is 0.628. The predicted molar refractivity (Wildman–Crippen MR) is 115 cm³/mol. The molecule has 3 rings (SSSR count). The molecule has 1 N–H and O–H groups in total. The van der Waals surface area contributed by atoms with Crippen LogP contribution in [0.25, 0.3) is 0 Å². The van der Waals surface area contributed by atoms with Gasteiger partial charge in [-0.05, 0) is 49.4 Å². The van der Waals surface area contributed by atoms with Gasteiger partial charge in [-0.15, -0.1) is 11.8 Å². The predicted octanol–water partition coefficient (Wildman–Crippen LogP) is 4.50. The number of nitrogens with zero attached hydrogens (tertiary/aromatic N) is 2. The fraction of sp³-hybridized carbons (Fsp3) is 0.435. The van der Waals surface area contributed by atoms with Crippen molar-refractivity contribution in [2.45, 2.75) is 68.2 Å². The van der Waals surface area contributed by atoms with Gasteiger partial charge in [-0.3, -0.25) is 4.79 Å². The van der Waals surface area contributed by atoms with Crippen molar-refractivity contribution in [2.75, 3.05) is 0 Å². The Hall–Kier alpha value is -2.52. The van der Waals surface area contributed by atoms with Crippen LogP contribution < -0.4 is 10.1 Å². The van der Waals surface area contributed by atoms with E-state index in [2.05, 4.69) is 36.3 Å². The number of hydrogen-bond donors (Lipinski definition) is 1. The average molecular weight is 410 g/mol. The molecule has 1 amide bonds. The van der Waals surface area contributed by atoms with Crippen LogP contribution in [0.4, 0.5) is 0 Å². The zero-order chi connectivity index (χ0) is 20.6. The summed E-state index contributed by atoms with van der Waals surface area (Å²) < 4.78 is 5.91. The number of aromatic nitrogens is 1. The lowest BCUT2D eigenvalue weighted by Crippen LogP contribution is -2.40. The van der Waals surface area contributed by atoms with Crippen LogP contribution in [0.2, 0.25) is 0 Å². The van der Waals surface area contributed by atoms with Crippen LogP contribution >= 0.6 is 11.8 Å². The van der Waals surface area contributed by atoms with Crippen LogP contribution in [-0.2, 0) is 11.2 Å². The molecule has 1 heterocycles. The molecule has 0 saturated heterocycles. The largest absolute Gasteiger partial charge is 0.474 e. The summed E-state index contributed by atoms with van der Waals surface area (Å²) in [5.41, 5.74) is 1.57. The highest BCUT2D eigenvalue weighted by molar-refractivity contribution is 7.99. The molecule has 152 valence electrons. The van der Waals surface area contributed by atoms with E-state index in [1.807, 2.05) is 30.0 Å². The maximum atomic E-state index is 12.4. The maximum Gasteiger partial charge on any atom is 0.224 e. The van der Waals surface area contributed by atoms with Crippen molar-refractivity contribution >= 4 is 17.7 Å². The number of hydrogen-bond acceptors (Lipinski definition) is 5. The van der Waals surface area contributed by atoms with Gasteiger partial charge < -0.3 is 10.1 Å². The molecule has 1 fully saturated rings. The van der Waals surface area contributed by atoms with Gasteiger partial charge in [-0.25, -0.2) is 4.98 Å². The van der Waals surface area contributed by atoms with Gasteiger partial charge in [0.2, 0.25) is 11.8 Å². The van der Waals surface area contributed by atoms with Gasteiger partial charge >= 0.3 is 0 Å². The first-order chi connectivity index (χ1) is 14.0. The Labute approximate surface area is 176 Å². The molecule has 1 saturated carbocycles. The van der Waals surface area contributed by atoms with Gasteiger partial charge in [-0.1, -0.05) is 26.0 Å². The second-order valence-corrected chi connectivity index (χ2v) is 9.29. The highest BCUT2D eigenvalue weighted by Crippen LogP contribution is 2.24. The highest BCUT2D eigenvalue weighted by Gasteiger charge is 2.24. The molecule has 0 unspecified atom stereocenters. The number of amides is 1. The fourth-order valence-corrected chi connectivity index (χ4v) is 4.27. The summed E-state index contributed by atoms with van der Waals surface area (Å²) in [6, 6.07) is 14.0. The van der Waals surface area contributed by atoms with Crippen LogP contribution in [0, 0.1) is 11.3 Å². The van der Waals surface area contributed by atoms with Crippen molar-refractivity contribution in [1.82, 2.24) is 10.3 Å². The lowest BCUT2D eigenvalue weighted by molar-refractivity contribution is -0.121. The van der Waals surface area contributed by atoms with E-state index in [0.717, 1.165) is 31.2 Å². The zero-order valence-corrected chi connectivity index (χ0v) is 17.7. The molecule has 0 spiro atoms. The van der Waals surface area contributed by atoms with Crippen LogP contribution in [0.15, 0.2) is 47.5 Å². The molecule has 0 atom stereocenters. The molecular formula is C23H27N3O2S. The van der Waals surface area contributed by atoms with E-state index in [1.165, 1.54) is 11.1 Å². The first-order valence-corrected chi connectivity index (χ1v) is 11.0. The Morgan fingerprint density at radius 3 is 2.52 bits per heavy atom. The quantitative estimate of drug-likeness (QED) is 0.681. The Kier molecular flexibility index (Phi) is 7.54. The van der Waals surface area contributed by atoms with Crippen LogP contribution in [0.1, 0.15) is 50.7 Å². The highest BCUT2D eigenvalue weighted by atomic mass is 32.2. The number of carbonyl (C=O) groups is 1. The molecule has 6 heteroatoms. The second-order valence-electron chi connectivity index (χ2n) is 7.64. The Balaban J connectivity index is 1.40. The van der Waals surface area contributed by atoms with Crippen molar-refractivity contribution < 1.29 is 9.53 Å². The van der Waals surface area contributed by atoms with Gasteiger partial charge in [-0.2, -0.15) is 5.26 Å². The van der Waals surface area contributed by atoms with E-state index in [9.17, 15) is 4.79 Å². The zero-order valence-electron chi connectivity index (χ0n) is 16.9. The lowest BCUT2D eigenvalue weighted by Gasteiger charge is -2.29. The van der Waals surface area contributed by atoms with Gasteiger partial charge in [0.1, 0.15) is 12.2 Å². The smallest absolute Gasteiger partial charge is 0.224 e. The first-order valence-electron chi connectivity index (χ1n) is 10.1. The number of pyridine rings is 1. The molecule has 2 aromatic rings. The van der Waals surface area contributed by atoms with Gasteiger partial charge in [0.15, 0.2) is 0 Å². The molecule has 0 radical (unpaired) electrons. The molecule has 1 aliphatic rings. The minimum atomic E-state index is 0.0763. The topological polar surface area (TPSA) is 75.0 Å².